The van der Waals surface area contributed by atoms with E-state index in [-0.39, 0.29) is 5.78 Å². The number of thioether (sulfide) groups is 1. The number of benzene rings is 2. The summed E-state index contributed by atoms with van der Waals surface area (Å²) in [6.07, 6.45) is 0.560. The summed E-state index contributed by atoms with van der Waals surface area (Å²) in [4.78, 5) is 14.9. The molecular weight excluding hydrogens is 278 g/mol. The normalized spacial score (nSPS) is 10.4. The Bertz CT molecular complexity index is 588. The zero-order valence-corrected chi connectivity index (χ0v) is 13.6. The van der Waals surface area contributed by atoms with Crippen LogP contribution in [0.25, 0.3) is 0 Å². The molecule has 110 valence electrons. The van der Waals surface area contributed by atoms with Gasteiger partial charge in [0.05, 0.1) is 0 Å². The van der Waals surface area contributed by atoms with Gasteiger partial charge in [-0.3, -0.25) is 4.79 Å². The molecule has 2 rings (SSSR count). The lowest BCUT2D eigenvalue weighted by molar-refractivity contribution is 0.0988. The summed E-state index contributed by atoms with van der Waals surface area (Å²) in [5.74, 6) is 1.14. The summed E-state index contributed by atoms with van der Waals surface area (Å²) in [5.41, 5.74) is 3.32. The average molecular weight is 299 g/mol. The molecule has 0 saturated carbocycles. The van der Waals surface area contributed by atoms with Gasteiger partial charge in [-0.15, -0.1) is 11.8 Å². The topological polar surface area (TPSA) is 20.3 Å². The monoisotopic (exact) mass is 299 g/mol. The largest absolute Gasteiger partial charge is 0.378 e. The first-order valence-corrected chi connectivity index (χ1v) is 8.11. The highest BCUT2D eigenvalue weighted by atomic mass is 32.2. The lowest BCUT2D eigenvalue weighted by atomic mass is 10.1. The first-order valence-electron chi connectivity index (χ1n) is 7.12. The molecule has 0 fully saturated rings. The molecule has 3 heteroatoms. The molecule has 0 amide bonds. The fraction of sp³-hybridized carbons (Fsp3) is 0.278. The van der Waals surface area contributed by atoms with Crippen LogP contribution < -0.4 is 4.90 Å². The van der Waals surface area contributed by atoms with E-state index in [4.69, 9.17) is 0 Å². The van der Waals surface area contributed by atoms with Gasteiger partial charge in [0, 0.05) is 42.4 Å². The van der Waals surface area contributed by atoms with E-state index < -0.39 is 0 Å². The first kappa shape index (κ1) is 15.6. The smallest absolute Gasteiger partial charge is 0.162 e. The zero-order valence-electron chi connectivity index (χ0n) is 12.8. The van der Waals surface area contributed by atoms with Gasteiger partial charge in [-0.05, 0) is 29.8 Å². The highest BCUT2D eigenvalue weighted by Crippen LogP contribution is 2.24. The molecule has 2 aromatic rings. The molecule has 0 heterocycles. The number of carbonyl (C=O) groups is 1. The fourth-order valence-corrected chi connectivity index (χ4v) is 2.85. The van der Waals surface area contributed by atoms with Crippen molar-refractivity contribution >= 4 is 23.2 Å². The number of Topliss-reactive ketones (excluding diaryl/α,β-unsaturated/α-hetero) is 1. The molecule has 0 bridgehead atoms. The van der Waals surface area contributed by atoms with E-state index in [1.807, 2.05) is 45.3 Å². The van der Waals surface area contributed by atoms with Crippen molar-refractivity contribution in [3.8, 4) is 0 Å². The third-order valence-corrected chi connectivity index (χ3v) is 4.44. The van der Waals surface area contributed by atoms with E-state index in [1.165, 1.54) is 16.1 Å². The van der Waals surface area contributed by atoms with Gasteiger partial charge in [-0.1, -0.05) is 31.2 Å². The third-order valence-electron chi connectivity index (χ3n) is 3.36. The van der Waals surface area contributed by atoms with Crippen LogP contribution in [0.4, 0.5) is 5.69 Å². The Hall–Kier alpha value is -1.74. The highest BCUT2D eigenvalue weighted by molar-refractivity contribution is 7.98. The van der Waals surface area contributed by atoms with Crippen LogP contribution in [0, 0.1) is 0 Å². The van der Waals surface area contributed by atoms with E-state index in [0.29, 0.717) is 6.42 Å². The lowest BCUT2D eigenvalue weighted by Crippen LogP contribution is -2.08. The van der Waals surface area contributed by atoms with Gasteiger partial charge in [0.2, 0.25) is 0 Å². The SMILES string of the molecule is CCC(=O)c1ccc(SCc2ccc(N(C)C)cc2)cc1. The van der Waals surface area contributed by atoms with Crippen LogP contribution in [0.15, 0.2) is 53.4 Å². The zero-order chi connectivity index (χ0) is 15.2. The van der Waals surface area contributed by atoms with Crippen LogP contribution in [0.2, 0.25) is 0 Å². The van der Waals surface area contributed by atoms with E-state index in [2.05, 4.69) is 29.2 Å². The first-order chi connectivity index (χ1) is 10.1. The minimum atomic E-state index is 0.200. The molecule has 0 aliphatic heterocycles. The maximum Gasteiger partial charge on any atom is 0.162 e. The van der Waals surface area contributed by atoms with Crippen LogP contribution >= 0.6 is 11.8 Å². The van der Waals surface area contributed by atoms with Crippen molar-refractivity contribution in [3.05, 3.63) is 59.7 Å². The third kappa shape index (κ3) is 4.36. The molecular formula is C18H21NOS. The molecule has 0 N–H and O–H groups in total. The van der Waals surface area contributed by atoms with Gasteiger partial charge in [-0.25, -0.2) is 0 Å². The van der Waals surface area contributed by atoms with Crippen molar-refractivity contribution in [2.24, 2.45) is 0 Å². The van der Waals surface area contributed by atoms with Crippen LogP contribution in [0.5, 0.6) is 0 Å². The summed E-state index contributed by atoms with van der Waals surface area (Å²) in [6.45, 7) is 1.89. The van der Waals surface area contributed by atoms with Crippen LogP contribution in [-0.2, 0) is 5.75 Å². The van der Waals surface area contributed by atoms with E-state index in [1.54, 1.807) is 11.8 Å². The molecule has 2 nitrogen and oxygen atoms in total. The Morgan fingerprint density at radius 2 is 1.62 bits per heavy atom. The van der Waals surface area contributed by atoms with Crippen molar-refractivity contribution in [2.45, 2.75) is 24.0 Å². The van der Waals surface area contributed by atoms with Gasteiger partial charge < -0.3 is 4.90 Å². The Labute approximate surface area is 131 Å². The number of rotatable bonds is 6. The lowest BCUT2D eigenvalue weighted by Gasteiger charge is -2.12. The molecule has 0 saturated heterocycles. The minimum Gasteiger partial charge on any atom is -0.378 e. The van der Waals surface area contributed by atoms with Crippen LogP contribution in [0.1, 0.15) is 29.3 Å². The Kier molecular flexibility index (Phi) is 5.45. The standard InChI is InChI=1S/C18H21NOS/c1-4-18(20)15-7-11-17(12-8-15)21-13-14-5-9-16(10-6-14)19(2)3/h5-12H,4,13H2,1-3H3. The number of nitrogens with zero attached hydrogens (tertiary/aromatic N) is 1. The summed E-state index contributed by atoms with van der Waals surface area (Å²) in [7, 11) is 4.09. The second-order valence-corrected chi connectivity index (χ2v) is 6.20. The molecule has 0 spiro atoms. The van der Waals surface area contributed by atoms with Gasteiger partial charge >= 0.3 is 0 Å². The summed E-state index contributed by atoms with van der Waals surface area (Å²) < 4.78 is 0. The summed E-state index contributed by atoms with van der Waals surface area (Å²) in [5, 5.41) is 0. The summed E-state index contributed by atoms with van der Waals surface area (Å²) in [6, 6.07) is 16.5. The van der Waals surface area contributed by atoms with E-state index >= 15 is 0 Å². The van der Waals surface area contributed by atoms with Crippen LogP contribution in [0.3, 0.4) is 0 Å². The Morgan fingerprint density at radius 1 is 1.00 bits per heavy atom. The maximum absolute atomic E-state index is 11.6. The Balaban J connectivity index is 1.95. The maximum atomic E-state index is 11.6. The van der Waals surface area contributed by atoms with Gasteiger partial charge in [0.25, 0.3) is 0 Å². The number of carbonyl (C=O) groups excluding carboxylic acids is 1. The minimum absolute atomic E-state index is 0.200. The molecule has 0 aromatic heterocycles. The van der Waals surface area contributed by atoms with Crippen molar-refractivity contribution in [1.29, 1.82) is 0 Å². The quantitative estimate of drug-likeness (QED) is 0.572. The molecule has 21 heavy (non-hydrogen) atoms. The van der Waals surface area contributed by atoms with Crippen molar-refractivity contribution < 1.29 is 4.79 Å². The van der Waals surface area contributed by atoms with Gasteiger partial charge in [0.1, 0.15) is 0 Å². The van der Waals surface area contributed by atoms with Gasteiger partial charge in [0.15, 0.2) is 5.78 Å². The van der Waals surface area contributed by atoms with Crippen LogP contribution in [-0.4, -0.2) is 19.9 Å². The molecule has 0 aliphatic carbocycles. The Morgan fingerprint density at radius 3 is 2.14 bits per heavy atom. The van der Waals surface area contributed by atoms with Crippen molar-refractivity contribution in [1.82, 2.24) is 0 Å². The second-order valence-electron chi connectivity index (χ2n) is 5.15. The molecule has 0 radical (unpaired) electrons. The second kappa shape index (κ2) is 7.32. The average Bonchev–Trinajstić information content (AvgIpc) is 2.53. The predicted molar refractivity (Wildman–Crippen MR) is 91.4 cm³/mol. The number of hydrogen-bond donors (Lipinski definition) is 0. The molecule has 0 unspecified atom stereocenters. The van der Waals surface area contributed by atoms with E-state index in [0.717, 1.165) is 11.3 Å². The van der Waals surface area contributed by atoms with Gasteiger partial charge in [-0.2, -0.15) is 0 Å². The molecule has 2 aromatic carbocycles. The number of hydrogen-bond acceptors (Lipinski definition) is 3. The molecule has 0 aliphatic rings. The highest BCUT2D eigenvalue weighted by Gasteiger charge is 2.03. The molecule has 0 atom stereocenters. The van der Waals surface area contributed by atoms with Crippen molar-refractivity contribution in [3.63, 3.8) is 0 Å². The van der Waals surface area contributed by atoms with Crippen molar-refractivity contribution in [2.75, 3.05) is 19.0 Å². The number of ketones is 1. The predicted octanol–water partition coefficient (Wildman–Crippen LogP) is 4.64. The summed E-state index contributed by atoms with van der Waals surface area (Å²) >= 11 is 1.79. The van der Waals surface area contributed by atoms with E-state index in [9.17, 15) is 4.79 Å². The fourth-order valence-electron chi connectivity index (χ4n) is 2.00. The number of anilines is 1.